The first kappa shape index (κ1) is 16.4. The molecule has 1 heteroatoms. The number of nitrogens with zero attached hydrogens (tertiary/aromatic N) is 1. The van der Waals surface area contributed by atoms with Gasteiger partial charge in [0.25, 0.3) is 0 Å². The third-order valence-corrected chi connectivity index (χ3v) is 13.6. The standard InChI is InChI=1S/C72H45N/c1-2-20-49(21-3-1)73(68-36-18-35-66-70(68)59-28-11-17-34-65(59)71(66)60-29-12-6-23-53(60)54-24-7-13-30-61(54)71)50-41-37-47(38-42-50)52-43-39-46-19-4-5-22-51(46)69(52)48-40-44-58-57-27-10-16-33-64(57)72(67(58)45-48)62-31-14-8-25-55(62)56-26-9-15-32-63(56)72/h1-45H/i1D,2D,3D,4D,5D,6D,7D,8D,9D,10D,11D,12D,13D,14D,15D,16D,17D,18D,19D,20D,21D,22D,23D,24D,25D,26D,27D,28D,29D,30D,31D,32D,33D,34D,35D,36D,37D,38D,39D,40D,41D,42D,43D,44D,45D. The lowest BCUT2D eigenvalue weighted by molar-refractivity contribution is 0.794. The van der Waals surface area contributed by atoms with Gasteiger partial charge in [0.15, 0.2) is 0 Å². The normalized spacial score (nSPS) is 22.6. The molecule has 12 aromatic rings. The van der Waals surface area contributed by atoms with E-state index in [1.54, 1.807) is 0 Å². The van der Waals surface area contributed by atoms with Crippen LogP contribution in [0.3, 0.4) is 0 Å². The third kappa shape index (κ3) is 5.25. The molecule has 12 aromatic carbocycles. The Labute approximate surface area is 488 Å². The van der Waals surface area contributed by atoms with Gasteiger partial charge in [-0.15, -0.1) is 0 Å². The minimum absolute atomic E-state index is 0.237. The van der Waals surface area contributed by atoms with Crippen LogP contribution >= 0.6 is 0 Å². The van der Waals surface area contributed by atoms with Gasteiger partial charge >= 0.3 is 0 Å². The van der Waals surface area contributed by atoms with Crippen LogP contribution in [0.25, 0.3) is 77.5 Å². The number of fused-ring (bicyclic) bond motifs is 21. The molecule has 73 heavy (non-hydrogen) atoms. The molecule has 2 spiro atoms. The number of anilines is 3. The predicted octanol–water partition coefficient (Wildman–Crippen LogP) is 18.3. The molecule has 4 aliphatic carbocycles. The predicted molar refractivity (Wildman–Crippen MR) is 302 cm³/mol. The zero-order valence-corrected chi connectivity index (χ0v) is 36.4. The van der Waals surface area contributed by atoms with Gasteiger partial charge in [-0.2, -0.15) is 0 Å². The maximum absolute atomic E-state index is 10.9. The number of benzene rings is 12. The van der Waals surface area contributed by atoms with Gasteiger partial charge in [-0.1, -0.05) is 236 Å². The quantitative estimate of drug-likeness (QED) is 0.166. The van der Waals surface area contributed by atoms with Gasteiger partial charge in [0, 0.05) is 16.9 Å². The summed E-state index contributed by atoms with van der Waals surface area (Å²) in [5, 5.41) is -2.03. The van der Waals surface area contributed by atoms with E-state index in [0.29, 0.717) is 0 Å². The average Bonchev–Trinajstić information content (AvgIpc) is 1.48. The Hall–Kier alpha value is -9.30. The summed E-state index contributed by atoms with van der Waals surface area (Å²) in [4.78, 5) is 0.237. The summed E-state index contributed by atoms with van der Waals surface area (Å²) in [5.41, 5.74) is -29.1. The number of hydrogen-bond donors (Lipinski definition) is 0. The monoisotopic (exact) mass is 969 g/mol. The molecular weight excluding hydrogens is 879 g/mol. The fourth-order valence-corrected chi connectivity index (χ4v) is 10.9. The van der Waals surface area contributed by atoms with Gasteiger partial charge in [0.2, 0.25) is 0 Å². The van der Waals surface area contributed by atoms with E-state index in [1.807, 2.05) is 0 Å². The highest BCUT2D eigenvalue weighted by molar-refractivity contribution is 6.06. The molecule has 0 radical (unpaired) electrons. The van der Waals surface area contributed by atoms with Crippen molar-refractivity contribution in [1.29, 1.82) is 0 Å². The van der Waals surface area contributed by atoms with Crippen LogP contribution in [0.2, 0.25) is 0 Å². The Morgan fingerprint density at radius 1 is 0.260 bits per heavy atom. The Kier molecular flexibility index (Phi) is 3.39. The fraction of sp³-hybridized carbons (Fsp3) is 0.0278. The van der Waals surface area contributed by atoms with Crippen molar-refractivity contribution in [3.63, 3.8) is 0 Å². The summed E-state index contributed by atoms with van der Waals surface area (Å²) < 4.78 is 432. The lowest BCUT2D eigenvalue weighted by atomic mass is 9.70. The summed E-state index contributed by atoms with van der Waals surface area (Å²) in [7, 11) is 0. The summed E-state index contributed by atoms with van der Waals surface area (Å²) in [6.07, 6.45) is 0. The van der Waals surface area contributed by atoms with Crippen LogP contribution in [0.4, 0.5) is 17.1 Å². The number of hydrogen-bond acceptors (Lipinski definition) is 1. The highest BCUT2D eigenvalue weighted by Crippen LogP contribution is 2.66. The van der Waals surface area contributed by atoms with Crippen LogP contribution in [-0.4, -0.2) is 0 Å². The van der Waals surface area contributed by atoms with E-state index in [4.69, 9.17) is 19.2 Å². The van der Waals surface area contributed by atoms with Crippen LogP contribution in [0, 0.1) is 0 Å². The topological polar surface area (TPSA) is 3.24 Å². The van der Waals surface area contributed by atoms with Crippen molar-refractivity contribution in [3.05, 3.63) is 316 Å². The molecule has 0 amide bonds. The molecule has 0 fully saturated rings. The maximum atomic E-state index is 10.9. The van der Waals surface area contributed by atoms with Crippen molar-refractivity contribution in [2.45, 2.75) is 10.8 Å². The summed E-state index contributed by atoms with van der Waals surface area (Å²) >= 11 is 0. The van der Waals surface area contributed by atoms with Crippen molar-refractivity contribution in [1.82, 2.24) is 0 Å². The molecule has 0 N–H and O–H groups in total. The lowest BCUT2D eigenvalue weighted by Gasteiger charge is -2.32. The van der Waals surface area contributed by atoms with E-state index in [0.717, 1.165) is 0 Å². The molecule has 1 nitrogen and oxygen atoms in total. The number of para-hydroxylation sites is 1. The largest absolute Gasteiger partial charge is 0.310 e. The molecular formula is C72H45N. The van der Waals surface area contributed by atoms with Gasteiger partial charge in [-0.05, 0) is 153 Å². The van der Waals surface area contributed by atoms with Crippen molar-refractivity contribution < 1.29 is 61.7 Å². The summed E-state index contributed by atoms with van der Waals surface area (Å²) in [5.74, 6) is 0. The van der Waals surface area contributed by atoms with E-state index in [2.05, 4.69) is 0 Å². The van der Waals surface area contributed by atoms with E-state index in [1.165, 1.54) is 0 Å². The zero-order chi connectivity index (χ0) is 87.0. The van der Waals surface area contributed by atoms with Gasteiger partial charge in [-0.3, -0.25) is 0 Å². The first-order valence-corrected chi connectivity index (χ1v) is 21.9. The zero-order valence-electron chi connectivity index (χ0n) is 81.4. The van der Waals surface area contributed by atoms with E-state index < -0.39 is 422 Å². The van der Waals surface area contributed by atoms with Crippen LogP contribution in [0.1, 0.15) is 106 Å². The van der Waals surface area contributed by atoms with Gasteiger partial charge in [-0.25, -0.2) is 0 Å². The van der Waals surface area contributed by atoms with Gasteiger partial charge < -0.3 is 4.90 Å². The molecule has 0 heterocycles. The van der Waals surface area contributed by atoms with E-state index in [9.17, 15) is 42.5 Å². The maximum Gasteiger partial charge on any atom is 0.0726 e. The van der Waals surface area contributed by atoms with Crippen molar-refractivity contribution >= 4 is 27.8 Å². The molecule has 0 saturated carbocycles. The fourth-order valence-electron chi connectivity index (χ4n) is 10.9. The molecule has 338 valence electrons. The molecule has 0 aromatic heterocycles. The third-order valence-electron chi connectivity index (χ3n) is 13.6. The smallest absolute Gasteiger partial charge is 0.0726 e. The van der Waals surface area contributed by atoms with E-state index >= 15 is 0 Å². The molecule has 0 bridgehead atoms. The van der Waals surface area contributed by atoms with Crippen LogP contribution in [0.15, 0.2) is 272 Å². The van der Waals surface area contributed by atoms with Crippen LogP contribution in [0.5, 0.6) is 0 Å². The number of rotatable bonds is 5. The summed E-state index contributed by atoms with van der Waals surface area (Å²) in [6.45, 7) is 0. The molecule has 0 unspecified atom stereocenters. The molecule has 0 aliphatic heterocycles. The van der Waals surface area contributed by atoms with Gasteiger partial charge in [0.05, 0.1) is 78.2 Å². The van der Waals surface area contributed by atoms with Crippen molar-refractivity contribution in [2.75, 3.05) is 4.90 Å². The van der Waals surface area contributed by atoms with Gasteiger partial charge in [0.1, 0.15) is 0 Å². The average molecular weight is 969 g/mol. The second-order valence-electron chi connectivity index (χ2n) is 16.8. The van der Waals surface area contributed by atoms with E-state index in [-0.39, 0.29) is 4.90 Å². The SMILES string of the molecule is [2H]c1c([2H])c([2H])c(N(c2c([2H])c([2H])c(-c3c([2H])c([2H])c4c([2H])c([2H])c([2H])c([2H])c4c3-c3c([2H])c([2H])c4c(c3[2H])C3(c5c([2H])c([2H])c([2H])c([2H])c5-c5c([2H])c([2H])c([2H])c([2H])c53)c3c([2H])c([2H])c([2H])c([2H])c3-4)c([2H])c2[2H])c2c([2H])c([2H])c([2H])c3c2-c2c([2H])c([2H])c([2H])c([2H])c2C32c3c([2H])c([2H])c([2H])c([2H])c3-c3c([2H])c([2H])c([2H])c([2H])c32)c([2H])c1[2H]. The Bertz CT molecular complexity index is 6770. The minimum Gasteiger partial charge on any atom is -0.310 e. The Balaban J connectivity index is 1.11. The molecule has 0 saturated heterocycles. The molecule has 0 atom stereocenters. The highest BCUT2D eigenvalue weighted by atomic mass is 15.1. The molecule has 16 rings (SSSR count). The van der Waals surface area contributed by atoms with Crippen LogP contribution < -0.4 is 4.90 Å². The minimum atomic E-state index is -3.16. The van der Waals surface area contributed by atoms with Crippen LogP contribution in [-0.2, 0) is 10.8 Å². The van der Waals surface area contributed by atoms with Crippen molar-refractivity contribution in [3.8, 4) is 66.8 Å². The van der Waals surface area contributed by atoms with Crippen molar-refractivity contribution in [2.24, 2.45) is 0 Å². The Morgan fingerprint density at radius 3 is 1.25 bits per heavy atom. The molecule has 4 aliphatic rings. The second-order valence-corrected chi connectivity index (χ2v) is 16.8. The first-order chi connectivity index (χ1) is 55.0. The lowest BCUT2D eigenvalue weighted by Crippen LogP contribution is -2.26. The Morgan fingerprint density at radius 2 is 0.671 bits per heavy atom. The second kappa shape index (κ2) is 15.1. The first-order valence-electron chi connectivity index (χ1n) is 44.4. The summed E-state index contributed by atoms with van der Waals surface area (Å²) in [6, 6.07) is -54.5. The highest BCUT2D eigenvalue weighted by Gasteiger charge is 2.53.